The van der Waals surface area contributed by atoms with Crippen molar-refractivity contribution in [3.8, 4) is 0 Å². The molecule has 1 atom stereocenters. The molecule has 1 unspecified atom stereocenters. The SMILES string of the molecule is CNC(c1ccc(C(=O)OC)o1)c1ccc(Br)cc1Cl. The summed E-state index contributed by atoms with van der Waals surface area (Å²) < 4.78 is 11.0. The lowest BCUT2D eigenvalue weighted by Crippen LogP contribution is -2.17. The summed E-state index contributed by atoms with van der Waals surface area (Å²) in [5, 5.41) is 3.73. The molecule has 2 rings (SSSR count). The first-order valence-electron chi connectivity index (χ1n) is 5.87. The molecule has 0 saturated heterocycles. The highest BCUT2D eigenvalue weighted by atomic mass is 79.9. The number of nitrogens with one attached hydrogen (secondary N) is 1. The number of ether oxygens (including phenoxy) is 1. The van der Waals surface area contributed by atoms with Crippen molar-refractivity contribution in [1.82, 2.24) is 5.32 Å². The molecule has 0 aliphatic rings. The third kappa shape index (κ3) is 3.06. The topological polar surface area (TPSA) is 51.5 Å². The van der Waals surface area contributed by atoms with Crippen LogP contribution in [0.15, 0.2) is 39.2 Å². The van der Waals surface area contributed by atoms with Gasteiger partial charge in [0.05, 0.1) is 13.2 Å². The van der Waals surface area contributed by atoms with Gasteiger partial charge >= 0.3 is 5.97 Å². The number of carbonyl (C=O) groups is 1. The zero-order valence-electron chi connectivity index (χ0n) is 10.9. The van der Waals surface area contributed by atoms with Crippen LogP contribution >= 0.6 is 27.5 Å². The molecule has 6 heteroatoms. The number of hydrogen-bond donors (Lipinski definition) is 1. The third-order valence-corrected chi connectivity index (χ3v) is 3.68. The van der Waals surface area contributed by atoms with E-state index >= 15 is 0 Å². The molecule has 0 aliphatic heterocycles. The molecule has 0 saturated carbocycles. The number of furan rings is 1. The van der Waals surface area contributed by atoms with Gasteiger partial charge in [0.15, 0.2) is 0 Å². The average molecular weight is 359 g/mol. The van der Waals surface area contributed by atoms with Gasteiger partial charge < -0.3 is 14.5 Å². The molecular formula is C14H13BrClNO3. The molecular weight excluding hydrogens is 346 g/mol. The molecule has 1 aromatic carbocycles. The number of halogens is 2. The van der Waals surface area contributed by atoms with Crippen LogP contribution < -0.4 is 5.32 Å². The van der Waals surface area contributed by atoms with Gasteiger partial charge in [-0.2, -0.15) is 0 Å². The fourth-order valence-corrected chi connectivity index (χ4v) is 2.69. The molecule has 106 valence electrons. The standard InChI is InChI=1S/C14H13BrClNO3/c1-17-13(9-4-3-8(15)7-10(9)16)11-5-6-12(20-11)14(18)19-2/h3-7,13,17H,1-2H3. The van der Waals surface area contributed by atoms with Crippen molar-refractivity contribution in [2.24, 2.45) is 0 Å². The first-order valence-corrected chi connectivity index (χ1v) is 7.04. The molecule has 1 N–H and O–H groups in total. The molecule has 0 radical (unpaired) electrons. The minimum absolute atomic E-state index is 0.163. The Morgan fingerprint density at radius 2 is 2.15 bits per heavy atom. The predicted molar refractivity (Wildman–Crippen MR) is 80.1 cm³/mol. The zero-order chi connectivity index (χ0) is 14.7. The zero-order valence-corrected chi connectivity index (χ0v) is 13.3. The summed E-state index contributed by atoms with van der Waals surface area (Å²) in [7, 11) is 3.11. The molecule has 4 nitrogen and oxygen atoms in total. The quantitative estimate of drug-likeness (QED) is 0.845. The minimum atomic E-state index is -0.506. The van der Waals surface area contributed by atoms with Crippen LogP contribution in [0.2, 0.25) is 5.02 Å². The highest BCUT2D eigenvalue weighted by Crippen LogP contribution is 2.31. The summed E-state index contributed by atoms with van der Waals surface area (Å²) in [5.41, 5.74) is 0.864. The highest BCUT2D eigenvalue weighted by molar-refractivity contribution is 9.10. The van der Waals surface area contributed by atoms with Crippen LogP contribution in [0.3, 0.4) is 0 Å². The summed E-state index contributed by atoms with van der Waals surface area (Å²) in [4.78, 5) is 11.4. The van der Waals surface area contributed by atoms with Crippen LogP contribution in [0.1, 0.15) is 27.9 Å². The van der Waals surface area contributed by atoms with Gasteiger partial charge in [0.1, 0.15) is 5.76 Å². The van der Waals surface area contributed by atoms with Crippen LogP contribution in [-0.4, -0.2) is 20.1 Å². The summed E-state index contributed by atoms with van der Waals surface area (Å²) in [6.07, 6.45) is 0. The van der Waals surface area contributed by atoms with Crippen LogP contribution in [0.4, 0.5) is 0 Å². The summed E-state index contributed by atoms with van der Waals surface area (Å²) in [6, 6.07) is 8.67. The molecule has 0 spiro atoms. The fraction of sp³-hybridized carbons (Fsp3) is 0.214. The summed E-state index contributed by atoms with van der Waals surface area (Å²) in [6.45, 7) is 0. The number of carbonyl (C=O) groups excluding carboxylic acids is 1. The maximum atomic E-state index is 11.4. The lowest BCUT2D eigenvalue weighted by molar-refractivity contribution is 0.0562. The van der Waals surface area contributed by atoms with Gasteiger partial charge in [-0.05, 0) is 36.9 Å². The summed E-state index contributed by atoms with van der Waals surface area (Å²) >= 11 is 9.61. The predicted octanol–water partition coefficient (Wildman–Crippen LogP) is 3.79. The molecule has 0 bridgehead atoms. The Balaban J connectivity index is 2.37. The molecule has 2 aromatic rings. The van der Waals surface area contributed by atoms with E-state index in [1.807, 2.05) is 18.2 Å². The Labute approximate surface area is 130 Å². The lowest BCUT2D eigenvalue weighted by atomic mass is 10.0. The van der Waals surface area contributed by atoms with Crippen molar-refractivity contribution >= 4 is 33.5 Å². The highest BCUT2D eigenvalue weighted by Gasteiger charge is 2.21. The van der Waals surface area contributed by atoms with Gasteiger partial charge in [-0.3, -0.25) is 0 Å². The molecule has 1 aromatic heterocycles. The van der Waals surface area contributed by atoms with E-state index in [0.29, 0.717) is 10.8 Å². The normalized spacial score (nSPS) is 12.2. The van der Waals surface area contributed by atoms with Crippen molar-refractivity contribution in [3.05, 3.63) is 56.9 Å². The number of methoxy groups -OCH3 is 1. The Bertz CT molecular complexity index is 627. The Morgan fingerprint density at radius 1 is 1.40 bits per heavy atom. The maximum absolute atomic E-state index is 11.4. The van der Waals surface area contributed by atoms with E-state index in [1.165, 1.54) is 7.11 Å². The largest absolute Gasteiger partial charge is 0.463 e. The first-order chi connectivity index (χ1) is 9.56. The van der Waals surface area contributed by atoms with Crippen molar-refractivity contribution < 1.29 is 13.9 Å². The Hall–Kier alpha value is -1.30. The lowest BCUT2D eigenvalue weighted by Gasteiger charge is -2.15. The molecule has 0 aliphatic carbocycles. The van der Waals surface area contributed by atoms with Crippen LogP contribution in [0.5, 0.6) is 0 Å². The number of benzene rings is 1. The van der Waals surface area contributed by atoms with E-state index < -0.39 is 5.97 Å². The minimum Gasteiger partial charge on any atom is -0.463 e. The monoisotopic (exact) mass is 357 g/mol. The Morgan fingerprint density at radius 3 is 2.75 bits per heavy atom. The van der Waals surface area contributed by atoms with Crippen LogP contribution in [0.25, 0.3) is 0 Å². The molecule has 1 heterocycles. The molecule has 0 amide bonds. The molecule has 0 fully saturated rings. The van der Waals surface area contributed by atoms with E-state index in [1.54, 1.807) is 19.2 Å². The van der Waals surface area contributed by atoms with E-state index in [4.69, 9.17) is 16.0 Å². The maximum Gasteiger partial charge on any atom is 0.373 e. The fourth-order valence-electron chi connectivity index (χ4n) is 1.90. The van der Waals surface area contributed by atoms with Crippen LogP contribution in [-0.2, 0) is 4.74 Å². The van der Waals surface area contributed by atoms with Crippen LogP contribution in [0, 0.1) is 0 Å². The summed E-state index contributed by atoms with van der Waals surface area (Å²) in [5.74, 6) is 0.251. The van der Waals surface area contributed by atoms with Gasteiger partial charge in [-0.1, -0.05) is 33.6 Å². The van der Waals surface area contributed by atoms with Crippen molar-refractivity contribution in [2.45, 2.75) is 6.04 Å². The van der Waals surface area contributed by atoms with E-state index in [9.17, 15) is 4.79 Å². The number of rotatable bonds is 4. The second-order valence-electron chi connectivity index (χ2n) is 4.08. The Kier molecular flexibility index (Phi) is 4.86. The van der Waals surface area contributed by atoms with Gasteiger partial charge in [0.2, 0.25) is 5.76 Å². The van der Waals surface area contributed by atoms with Gasteiger partial charge in [-0.25, -0.2) is 4.79 Å². The second kappa shape index (κ2) is 6.43. The molecule has 20 heavy (non-hydrogen) atoms. The number of hydrogen-bond acceptors (Lipinski definition) is 4. The van der Waals surface area contributed by atoms with Gasteiger partial charge in [0.25, 0.3) is 0 Å². The van der Waals surface area contributed by atoms with E-state index in [0.717, 1.165) is 10.0 Å². The van der Waals surface area contributed by atoms with Crippen molar-refractivity contribution in [2.75, 3.05) is 14.2 Å². The van der Waals surface area contributed by atoms with Gasteiger partial charge in [0, 0.05) is 9.50 Å². The third-order valence-electron chi connectivity index (χ3n) is 2.86. The van der Waals surface area contributed by atoms with Crippen molar-refractivity contribution in [3.63, 3.8) is 0 Å². The first kappa shape index (κ1) is 15.1. The van der Waals surface area contributed by atoms with Gasteiger partial charge in [-0.15, -0.1) is 0 Å². The second-order valence-corrected chi connectivity index (χ2v) is 5.40. The van der Waals surface area contributed by atoms with E-state index in [2.05, 4.69) is 26.0 Å². The number of esters is 1. The smallest absolute Gasteiger partial charge is 0.373 e. The average Bonchev–Trinajstić information content (AvgIpc) is 2.90. The van der Waals surface area contributed by atoms with E-state index in [-0.39, 0.29) is 11.8 Å². The van der Waals surface area contributed by atoms with Crippen molar-refractivity contribution in [1.29, 1.82) is 0 Å².